The van der Waals surface area contributed by atoms with Gasteiger partial charge in [0.25, 0.3) is 0 Å². The highest BCUT2D eigenvalue weighted by Gasteiger charge is 2.44. The molecule has 5 rings (SSSR count). The van der Waals surface area contributed by atoms with E-state index in [2.05, 4.69) is 26.0 Å². The summed E-state index contributed by atoms with van der Waals surface area (Å²) in [5, 5.41) is 14.8. The predicted molar refractivity (Wildman–Crippen MR) is 120 cm³/mol. The highest BCUT2D eigenvalue weighted by atomic mass is 32.1. The maximum absolute atomic E-state index is 14.9. The summed E-state index contributed by atoms with van der Waals surface area (Å²) in [5.41, 5.74) is 0.820. The van der Waals surface area contributed by atoms with E-state index in [9.17, 15) is 13.9 Å². The smallest absolute Gasteiger partial charge is 0.306 e. The first kappa shape index (κ1) is 21.8. The van der Waals surface area contributed by atoms with Crippen molar-refractivity contribution in [3.05, 3.63) is 89.1 Å². The van der Waals surface area contributed by atoms with E-state index in [1.807, 2.05) is 25.3 Å². The molecule has 1 aliphatic rings. The number of aromatic amines is 1. The van der Waals surface area contributed by atoms with Crippen LogP contribution < -0.4 is 4.68 Å². The van der Waals surface area contributed by atoms with E-state index < -0.39 is 23.3 Å². The highest BCUT2D eigenvalue weighted by Crippen LogP contribution is 2.38. The van der Waals surface area contributed by atoms with E-state index in [0.717, 1.165) is 29.5 Å². The molecule has 0 bridgehead atoms. The van der Waals surface area contributed by atoms with Crippen molar-refractivity contribution in [3.8, 4) is 10.4 Å². The number of nitrogens with zero attached hydrogens (tertiary/aromatic N) is 4. The number of hydrogen-bond donors (Lipinski definition) is 2. The van der Waals surface area contributed by atoms with Crippen LogP contribution in [0.2, 0.25) is 0 Å². The minimum Gasteiger partial charge on any atom is -0.379 e. The van der Waals surface area contributed by atoms with Gasteiger partial charge in [0, 0.05) is 58.5 Å². The maximum Gasteiger partial charge on any atom is 0.306 e. The number of aromatic nitrogens is 4. The second-order valence-electron chi connectivity index (χ2n) is 8.40. The van der Waals surface area contributed by atoms with Gasteiger partial charge in [-0.15, -0.1) is 11.3 Å². The van der Waals surface area contributed by atoms with Crippen LogP contribution in [0.3, 0.4) is 0 Å². The number of nitrogens with one attached hydrogen (secondary N) is 1. The van der Waals surface area contributed by atoms with Crippen molar-refractivity contribution >= 4 is 11.3 Å². The second-order valence-corrected chi connectivity index (χ2v) is 9.53. The standard InChI is InChI=1S/C24H23F2N5OS/c1-16(24(32,13-31-15-28-14-29-31)20-5-4-19(25)10-21(20)26)30-8-6-17-9-22(33-23(17)12-30)18-3-2-7-27-11-18/h2-5,7,9-11,14-16,32H,6,8,12-13H2,1H3/p+1/t16-,24-/m1/s1. The number of aliphatic hydroxyl groups is 1. The molecule has 4 aromatic rings. The van der Waals surface area contributed by atoms with Crippen LogP contribution in [0, 0.1) is 11.6 Å². The average molecular weight is 469 g/mol. The molecular formula is C24H24F2N5OS+. The Kier molecular flexibility index (Phi) is 5.77. The van der Waals surface area contributed by atoms with E-state index in [1.54, 1.807) is 22.2 Å². The topological polar surface area (TPSA) is 68.9 Å². The quantitative estimate of drug-likeness (QED) is 0.426. The Morgan fingerprint density at radius 1 is 1.27 bits per heavy atom. The van der Waals surface area contributed by atoms with Crippen LogP contribution in [-0.4, -0.2) is 37.7 Å². The molecular weight excluding hydrogens is 444 g/mol. The van der Waals surface area contributed by atoms with Gasteiger partial charge in [0.05, 0.1) is 0 Å². The predicted octanol–water partition coefficient (Wildman–Crippen LogP) is 3.43. The molecule has 9 heteroatoms. The van der Waals surface area contributed by atoms with Crippen molar-refractivity contribution in [3.63, 3.8) is 0 Å². The molecule has 1 aliphatic heterocycles. The third kappa shape index (κ3) is 4.19. The number of pyridine rings is 1. The highest BCUT2D eigenvalue weighted by molar-refractivity contribution is 7.15. The molecule has 0 spiro atoms. The minimum absolute atomic E-state index is 0.0471. The van der Waals surface area contributed by atoms with Crippen LogP contribution in [0.5, 0.6) is 0 Å². The molecule has 33 heavy (non-hydrogen) atoms. The molecule has 2 N–H and O–H groups in total. The SMILES string of the molecule is C[C@@H](N1CCc2cc(-c3cccnc3)sc2C1)[C@](O)(C[n+]1cnc[nH]1)c1ccc(F)cc1F. The zero-order valence-electron chi connectivity index (χ0n) is 18.1. The Morgan fingerprint density at radius 3 is 2.88 bits per heavy atom. The van der Waals surface area contributed by atoms with Gasteiger partial charge < -0.3 is 5.11 Å². The Labute approximate surface area is 194 Å². The van der Waals surface area contributed by atoms with Gasteiger partial charge in [-0.2, -0.15) is 9.78 Å². The molecule has 0 saturated carbocycles. The van der Waals surface area contributed by atoms with Crippen LogP contribution in [0.4, 0.5) is 8.78 Å². The number of hydrogen-bond acceptors (Lipinski definition) is 5. The van der Waals surface area contributed by atoms with Gasteiger partial charge in [0.1, 0.15) is 23.8 Å². The monoisotopic (exact) mass is 468 g/mol. The lowest BCUT2D eigenvalue weighted by molar-refractivity contribution is -0.765. The molecule has 4 heterocycles. The lowest BCUT2D eigenvalue weighted by atomic mass is 9.84. The number of H-pyrrole nitrogens is 1. The number of halogens is 2. The van der Waals surface area contributed by atoms with Gasteiger partial charge in [-0.1, -0.05) is 12.1 Å². The van der Waals surface area contributed by atoms with E-state index in [4.69, 9.17) is 0 Å². The zero-order valence-corrected chi connectivity index (χ0v) is 18.9. The molecule has 0 aliphatic carbocycles. The fraction of sp³-hybridized carbons (Fsp3) is 0.292. The number of benzene rings is 1. The van der Waals surface area contributed by atoms with Crippen LogP contribution in [0.1, 0.15) is 22.9 Å². The van der Waals surface area contributed by atoms with Crippen molar-refractivity contribution in [1.29, 1.82) is 0 Å². The lowest BCUT2D eigenvalue weighted by Crippen LogP contribution is -2.58. The summed E-state index contributed by atoms with van der Waals surface area (Å²) in [6.45, 7) is 3.29. The summed E-state index contributed by atoms with van der Waals surface area (Å²) in [6.07, 6.45) is 7.47. The van der Waals surface area contributed by atoms with E-state index >= 15 is 0 Å². The van der Waals surface area contributed by atoms with Gasteiger partial charge in [0.15, 0.2) is 0 Å². The van der Waals surface area contributed by atoms with E-state index in [0.29, 0.717) is 6.54 Å². The molecule has 0 amide bonds. The van der Waals surface area contributed by atoms with Crippen molar-refractivity contribution < 1.29 is 18.6 Å². The van der Waals surface area contributed by atoms with Gasteiger partial charge in [-0.25, -0.2) is 8.78 Å². The van der Waals surface area contributed by atoms with Gasteiger partial charge in [-0.05, 0) is 42.1 Å². The molecule has 0 unspecified atom stereocenters. The Morgan fingerprint density at radius 2 is 2.15 bits per heavy atom. The second kappa shape index (κ2) is 8.74. The number of thiophene rings is 1. The number of rotatable bonds is 6. The van der Waals surface area contributed by atoms with Crippen LogP contribution in [0.15, 0.2) is 61.4 Å². The third-order valence-corrected chi connectivity index (χ3v) is 7.62. The summed E-state index contributed by atoms with van der Waals surface area (Å²) in [6, 6.07) is 9.06. The van der Waals surface area contributed by atoms with Crippen LogP contribution in [0.25, 0.3) is 10.4 Å². The molecule has 2 atom stereocenters. The van der Waals surface area contributed by atoms with Crippen LogP contribution in [-0.2, 0) is 25.1 Å². The Hall–Kier alpha value is -3.01. The summed E-state index contributed by atoms with van der Waals surface area (Å²) in [7, 11) is 0. The summed E-state index contributed by atoms with van der Waals surface area (Å²) in [4.78, 5) is 12.8. The molecule has 0 fully saturated rings. The van der Waals surface area contributed by atoms with Crippen molar-refractivity contribution in [2.75, 3.05) is 6.54 Å². The first-order chi connectivity index (χ1) is 15.9. The third-order valence-electron chi connectivity index (χ3n) is 6.41. The van der Waals surface area contributed by atoms with Gasteiger partial charge in [0.2, 0.25) is 6.33 Å². The molecule has 6 nitrogen and oxygen atoms in total. The minimum atomic E-state index is -1.62. The summed E-state index contributed by atoms with van der Waals surface area (Å²) < 4.78 is 30.1. The average Bonchev–Trinajstić information content (AvgIpc) is 3.48. The molecule has 170 valence electrons. The summed E-state index contributed by atoms with van der Waals surface area (Å²) in [5.74, 6) is -1.44. The first-order valence-corrected chi connectivity index (χ1v) is 11.6. The summed E-state index contributed by atoms with van der Waals surface area (Å²) >= 11 is 1.72. The van der Waals surface area contributed by atoms with E-state index in [1.165, 1.54) is 35.2 Å². The lowest BCUT2D eigenvalue weighted by Gasteiger charge is -2.41. The fourth-order valence-corrected chi connectivity index (χ4v) is 5.73. The number of fused-ring (bicyclic) bond motifs is 1. The zero-order chi connectivity index (χ0) is 23.0. The maximum atomic E-state index is 14.9. The Balaban J connectivity index is 1.46. The first-order valence-electron chi connectivity index (χ1n) is 10.8. The van der Waals surface area contributed by atoms with Crippen molar-refractivity contribution in [1.82, 2.24) is 20.0 Å². The van der Waals surface area contributed by atoms with Crippen LogP contribution >= 0.6 is 11.3 Å². The fourth-order valence-electron chi connectivity index (χ4n) is 4.51. The van der Waals surface area contributed by atoms with Gasteiger partial charge in [-0.3, -0.25) is 9.88 Å². The molecule has 0 radical (unpaired) electrons. The molecule has 3 aromatic heterocycles. The Bertz CT molecular complexity index is 1250. The van der Waals surface area contributed by atoms with Crippen molar-refractivity contribution in [2.45, 2.75) is 38.1 Å². The molecule has 1 aromatic carbocycles. The van der Waals surface area contributed by atoms with E-state index in [-0.39, 0.29) is 12.1 Å². The normalized spacial score (nSPS) is 16.8. The largest absolute Gasteiger partial charge is 0.379 e. The van der Waals surface area contributed by atoms with Crippen molar-refractivity contribution in [2.24, 2.45) is 0 Å². The molecule has 0 saturated heterocycles. The van der Waals surface area contributed by atoms with Gasteiger partial charge >= 0.3 is 6.33 Å².